The van der Waals surface area contributed by atoms with E-state index in [1.807, 2.05) is 18.4 Å². The third-order valence-electron chi connectivity index (χ3n) is 6.93. The van der Waals surface area contributed by atoms with E-state index >= 15 is 0 Å². The van der Waals surface area contributed by atoms with Gasteiger partial charge in [-0.1, -0.05) is 6.07 Å². The monoisotopic (exact) mass is 426 g/mol. The number of ether oxygens (including phenoxy) is 2. The SMILES string of the molecule is COc1ccc2c(c1)O[C@]1(C[C@H]3CC[C@H]1C[C@H]3C(=O)N[C@H](C)c1cccs1)NC2=O. The Bertz CT molecular complexity index is 976. The highest BCUT2D eigenvalue weighted by Gasteiger charge is 2.57. The van der Waals surface area contributed by atoms with Crippen molar-refractivity contribution in [1.82, 2.24) is 10.6 Å². The normalized spacial score (nSPS) is 30.2. The van der Waals surface area contributed by atoms with Crippen LogP contribution < -0.4 is 20.1 Å². The van der Waals surface area contributed by atoms with E-state index in [0.29, 0.717) is 23.5 Å². The van der Waals surface area contributed by atoms with Crippen molar-refractivity contribution in [3.8, 4) is 11.5 Å². The maximum Gasteiger partial charge on any atom is 0.258 e. The lowest BCUT2D eigenvalue weighted by Crippen LogP contribution is -2.67. The first-order valence-electron chi connectivity index (χ1n) is 10.5. The molecule has 2 bridgehead atoms. The van der Waals surface area contributed by atoms with E-state index < -0.39 is 5.72 Å². The van der Waals surface area contributed by atoms with E-state index in [2.05, 4.69) is 16.7 Å². The van der Waals surface area contributed by atoms with Crippen LogP contribution in [0.5, 0.6) is 11.5 Å². The number of carbonyl (C=O) groups excluding carboxylic acids is 2. The van der Waals surface area contributed by atoms with E-state index in [-0.39, 0.29) is 35.6 Å². The quantitative estimate of drug-likeness (QED) is 0.778. The summed E-state index contributed by atoms with van der Waals surface area (Å²) in [4.78, 5) is 27.0. The van der Waals surface area contributed by atoms with Gasteiger partial charge in [0.1, 0.15) is 11.5 Å². The van der Waals surface area contributed by atoms with Crippen LogP contribution in [0.4, 0.5) is 0 Å². The highest BCUT2D eigenvalue weighted by atomic mass is 32.1. The summed E-state index contributed by atoms with van der Waals surface area (Å²) < 4.78 is 11.7. The molecule has 4 aliphatic rings. The van der Waals surface area contributed by atoms with Gasteiger partial charge in [-0.25, -0.2) is 0 Å². The molecule has 2 aromatic rings. The fourth-order valence-electron chi connectivity index (χ4n) is 5.37. The molecule has 5 atom stereocenters. The summed E-state index contributed by atoms with van der Waals surface area (Å²) >= 11 is 1.66. The van der Waals surface area contributed by atoms with Gasteiger partial charge in [0.2, 0.25) is 5.91 Å². The van der Waals surface area contributed by atoms with E-state index in [0.717, 1.165) is 24.1 Å². The molecular formula is C23H26N2O4S. The van der Waals surface area contributed by atoms with Gasteiger partial charge in [0.15, 0.2) is 5.72 Å². The second kappa shape index (κ2) is 7.30. The van der Waals surface area contributed by atoms with Gasteiger partial charge >= 0.3 is 0 Å². The number of hydrogen-bond acceptors (Lipinski definition) is 5. The van der Waals surface area contributed by atoms with Crippen molar-refractivity contribution in [2.75, 3.05) is 7.11 Å². The number of nitrogens with one attached hydrogen (secondary N) is 2. The second-order valence-electron chi connectivity index (χ2n) is 8.63. The van der Waals surface area contributed by atoms with E-state index in [1.165, 1.54) is 0 Å². The van der Waals surface area contributed by atoms with Crippen molar-refractivity contribution in [2.45, 2.75) is 44.4 Å². The average Bonchev–Trinajstić information content (AvgIpc) is 3.28. The average molecular weight is 427 g/mol. The van der Waals surface area contributed by atoms with Gasteiger partial charge in [-0.05, 0) is 55.7 Å². The Balaban J connectivity index is 1.34. The molecule has 1 spiro atoms. The topological polar surface area (TPSA) is 76.7 Å². The first-order chi connectivity index (χ1) is 14.5. The van der Waals surface area contributed by atoms with Gasteiger partial charge in [-0.2, -0.15) is 0 Å². The van der Waals surface area contributed by atoms with Crippen LogP contribution in [0.2, 0.25) is 0 Å². The molecule has 1 aromatic heterocycles. The second-order valence-corrected chi connectivity index (χ2v) is 9.61. The fraction of sp³-hybridized carbons (Fsp3) is 0.478. The lowest BCUT2D eigenvalue weighted by Gasteiger charge is -2.55. The molecule has 3 aliphatic carbocycles. The van der Waals surface area contributed by atoms with Crippen molar-refractivity contribution in [2.24, 2.45) is 17.8 Å². The Morgan fingerprint density at radius 1 is 1.37 bits per heavy atom. The number of benzene rings is 1. The molecule has 0 unspecified atom stereocenters. The summed E-state index contributed by atoms with van der Waals surface area (Å²) in [6.45, 7) is 2.03. The molecule has 3 fully saturated rings. The number of hydrogen-bond donors (Lipinski definition) is 2. The number of rotatable bonds is 4. The molecule has 2 amide bonds. The van der Waals surface area contributed by atoms with Gasteiger partial charge in [0, 0.05) is 29.2 Å². The van der Waals surface area contributed by atoms with Gasteiger partial charge < -0.3 is 20.1 Å². The maximum atomic E-state index is 13.1. The summed E-state index contributed by atoms with van der Waals surface area (Å²) in [6.07, 6.45) is 3.33. The third kappa shape index (κ3) is 3.16. The molecule has 6 rings (SSSR count). The summed E-state index contributed by atoms with van der Waals surface area (Å²) in [5, 5.41) is 8.37. The Hall–Kier alpha value is -2.54. The van der Waals surface area contributed by atoms with Crippen molar-refractivity contribution in [3.63, 3.8) is 0 Å². The predicted molar refractivity (Wildman–Crippen MR) is 114 cm³/mol. The highest BCUT2D eigenvalue weighted by molar-refractivity contribution is 7.10. The summed E-state index contributed by atoms with van der Waals surface area (Å²) in [7, 11) is 1.60. The number of amides is 2. The molecule has 1 aromatic carbocycles. The zero-order valence-electron chi connectivity index (χ0n) is 17.1. The number of fused-ring (bicyclic) bond motifs is 3. The van der Waals surface area contributed by atoms with Crippen LogP contribution in [0, 0.1) is 17.8 Å². The van der Waals surface area contributed by atoms with Crippen molar-refractivity contribution in [3.05, 3.63) is 46.2 Å². The smallest absolute Gasteiger partial charge is 0.258 e. The molecule has 0 saturated heterocycles. The lowest BCUT2D eigenvalue weighted by molar-refractivity contribution is -0.147. The standard InChI is InChI=1S/C23H26N2O4S/c1-13(20-4-3-9-30-20)24-21(26)18-10-15-6-5-14(18)12-23(15)25-22(27)17-8-7-16(28-2)11-19(17)29-23/h3-4,7-9,11,13-15,18H,5-6,10,12H2,1-2H3,(H,24,26)(H,25,27)/t13-,14-,15+,18-,23+/m1/s1. The van der Waals surface area contributed by atoms with Crippen LogP contribution in [-0.4, -0.2) is 24.6 Å². The first-order valence-corrected chi connectivity index (χ1v) is 11.4. The fourth-order valence-corrected chi connectivity index (χ4v) is 6.10. The minimum atomic E-state index is -0.727. The largest absolute Gasteiger partial charge is 0.497 e. The van der Waals surface area contributed by atoms with Gasteiger partial charge in [-0.3, -0.25) is 9.59 Å². The molecule has 2 heterocycles. The van der Waals surface area contributed by atoms with Crippen molar-refractivity contribution < 1.29 is 19.1 Å². The van der Waals surface area contributed by atoms with Crippen molar-refractivity contribution >= 4 is 23.2 Å². The first kappa shape index (κ1) is 19.4. The van der Waals surface area contributed by atoms with Crippen LogP contribution in [0.1, 0.15) is 53.9 Å². The highest BCUT2D eigenvalue weighted by Crippen LogP contribution is 2.52. The molecule has 30 heavy (non-hydrogen) atoms. The Morgan fingerprint density at radius 2 is 2.23 bits per heavy atom. The summed E-state index contributed by atoms with van der Waals surface area (Å²) in [5.74, 6) is 1.50. The van der Waals surface area contributed by atoms with Gasteiger partial charge in [0.05, 0.1) is 18.7 Å². The Kier molecular flexibility index (Phi) is 4.73. The Morgan fingerprint density at radius 3 is 2.93 bits per heavy atom. The van der Waals surface area contributed by atoms with Crippen LogP contribution in [0.3, 0.4) is 0 Å². The number of carbonyl (C=O) groups is 2. The molecule has 1 aliphatic heterocycles. The minimum absolute atomic E-state index is 0.0110. The van der Waals surface area contributed by atoms with E-state index in [9.17, 15) is 9.59 Å². The van der Waals surface area contributed by atoms with Gasteiger partial charge in [-0.15, -0.1) is 11.3 Å². The molecule has 158 valence electrons. The minimum Gasteiger partial charge on any atom is -0.497 e. The van der Waals surface area contributed by atoms with Crippen molar-refractivity contribution in [1.29, 1.82) is 0 Å². The molecule has 3 saturated carbocycles. The molecular weight excluding hydrogens is 400 g/mol. The van der Waals surface area contributed by atoms with Crippen LogP contribution >= 0.6 is 11.3 Å². The van der Waals surface area contributed by atoms with Gasteiger partial charge in [0.25, 0.3) is 5.91 Å². The number of methoxy groups -OCH3 is 1. The maximum absolute atomic E-state index is 13.1. The van der Waals surface area contributed by atoms with Crippen LogP contribution in [-0.2, 0) is 4.79 Å². The lowest BCUT2D eigenvalue weighted by atomic mass is 9.60. The molecule has 7 heteroatoms. The molecule has 6 nitrogen and oxygen atoms in total. The zero-order valence-corrected chi connectivity index (χ0v) is 18.0. The van der Waals surface area contributed by atoms with E-state index in [4.69, 9.17) is 9.47 Å². The van der Waals surface area contributed by atoms with Crippen LogP contribution in [0.25, 0.3) is 0 Å². The predicted octanol–water partition coefficient (Wildman–Crippen LogP) is 3.89. The molecule has 2 N–H and O–H groups in total. The zero-order chi connectivity index (χ0) is 20.9. The summed E-state index contributed by atoms with van der Waals surface area (Å²) in [5.41, 5.74) is -0.197. The van der Waals surface area contributed by atoms with Crippen LogP contribution in [0.15, 0.2) is 35.7 Å². The summed E-state index contributed by atoms with van der Waals surface area (Å²) in [6, 6.07) is 9.35. The van der Waals surface area contributed by atoms with E-state index in [1.54, 1.807) is 36.6 Å². The number of thiophene rings is 1. The Labute approximate surface area is 180 Å². The third-order valence-corrected chi connectivity index (χ3v) is 7.99. The molecule has 0 radical (unpaired) electrons.